The average molecular weight is 492 g/mol. The van der Waals surface area contributed by atoms with Gasteiger partial charge in [0.2, 0.25) is 0 Å². The minimum Gasteiger partial charge on any atom is -0.507 e. The number of nitrogens with zero attached hydrogens (tertiary/aromatic N) is 3. The SMILES string of the molecule is CCOc1ccc([C@H]2C(=C(O)c3ccc(OC)cc3)C(=O)C(=O)N2CCCn2ccnc2)cc1OC. The van der Waals surface area contributed by atoms with Gasteiger partial charge in [-0.3, -0.25) is 9.59 Å². The summed E-state index contributed by atoms with van der Waals surface area (Å²) in [6.07, 6.45) is 5.82. The van der Waals surface area contributed by atoms with E-state index in [0.29, 0.717) is 54.5 Å². The van der Waals surface area contributed by atoms with Crippen molar-refractivity contribution in [3.8, 4) is 17.2 Å². The van der Waals surface area contributed by atoms with Gasteiger partial charge in [0.05, 0.1) is 38.8 Å². The number of aliphatic hydroxyl groups excluding tert-OH is 1. The molecule has 4 rings (SSSR count). The standard InChI is InChI=1S/C27H29N3O6/c1-4-36-21-11-8-19(16-22(21)35-3)24-23(25(31)18-6-9-20(34-2)10-7-18)26(32)27(33)30(24)14-5-13-29-15-12-28-17-29/h6-12,15-17,24,31H,4-5,13-14H2,1-3H3/t24-/m0/s1. The van der Waals surface area contributed by atoms with E-state index in [1.54, 1.807) is 62.1 Å². The number of Topliss-reactive ketones (excluding diaryl/α,β-unsaturated/α-hetero) is 1. The summed E-state index contributed by atoms with van der Waals surface area (Å²) in [6, 6.07) is 11.2. The molecule has 0 saturated carbocycles. The first kappa shape index (κ1) is 24.8. The smallest absolute Gasteiger partial charge is 0.295 e. The number of rotatable bonds is 10. The Morgan fingerprint density at radius 2 is 1.81 bits per heavy atom. The molecule has 3 aromatic rings. The van der Waals surface area contributed by atoms with Gasteiger partial charge in [-0.2, -0.15) is 0 Å². The molecule has 0 spiro atoms. The van der Waals surface area contributed by atoms with Crippen LogP contribution in [0.4, 0.5) is 0 Å². The Morgan fingerprint density at radius 1 is 1.03 bits per heavy atom. The number of amides is 1. The van der Waals surface area contributed by atoms with E-state index in [1.807, 2.05) is 17.7 Å². The minimum absolute atomic E-state index is 0.0269. The maximum absolute atomic E-state index is 13.2. The lowest BCUT2D eigenvalue weighted by molar-refractivity contribution is -0.139. The van der Waals surface area contributed by atoms with Crippen LogP contribution >= 0.6 is 0 Å². The number of imidazole rings is 1. The molecule has 36 heavy (non-hydrogen) atoms. The number of carbonyl (C=O) groups is 2. The fraction of sp³-hybridized carbons (Fsp3) is 0.296. The zero-order chi connectivity index (χ0) is 25.7. The first-order valence-corrected chi connectivity index (χ1v) is 11.7. The normalized spacial score (nSPS) is 16.9. The highest BCUT2D eigenvalue weighted by Crippen LogP contribution is 2.42. The summed E-state index contributed by atoms with van der Waals surface area (Å²) >= 11 is 0. The van der Waals surface area contributed by atoms with Crippen LogP contribution in [0.5, 0.6) is 17.2 Å². The van der Waals surface area contributed by atoms with E-state index >= 15 is 0 Å². The number of ether oxygens (including phenoxy) is 3. The third kappa shape index (κ3) is 4.91. The van der Waals surface area contributed by atoms with E-state index in [-0.39, 0.29) is 11.3 Å². The van der Waals surface area contributed by atoms with E-state index < -0.39 is 17.7 Å². The second kappa shape index (κ2) is 11.0. The summed E-state index contributed by atoms with van der Waals surface area (Å²) in [5, 5.41) is 11.2. The van der Waals surface area contributed by atoms with Crippen molar-refractivity contribution < 1.29 is 28.9 Å². The number of hydrogen-bond donors (Lipinski definition) is 1. The summed E-state index contributed by atoms with van der Waals surface area (Å²) < 4.78 is 18.2. The van der Waals surface area contributed by atoms with Gasteiger partial charge >= 0.3 is 0 Å². The topological polar surface area (TPSA) is 103 Å². The number of ketones is 1. The van der Waals surface area contributed by atoms with Crippen LogP contribution in [0, 0.1) is 0 Å². The predicted octanol–water partition coefficient (Wildman–Crippen LogP) is 3.81. The van der Waals surface area contributed by atoms with Crippen LogP contribution in [0.1, 0.15) is 30.5 Å². The van der Waals surface area contributed by atoms with Crippen molar-refractivity contribution in [3.05, 3.63) is 77.9 Å². The molecule has 0 aliphatic carbocycles. The lowest BCUT2D eigenvalue weighted by Gasteiger charge is -2.26. The molecule has 1 aliphatic rings. The zero-order valence-corrected chi connectivity index (χ0v) is 20.5. The average Bonchev–Trinajstić information content (AvgIpc) is 3.51. The Bertz CT molecular complexity index is 1250. The largest absolute Gasteiger partial charge is 0.507 e. The van der Waals surface area contributed by atoms with Crippen molar-refractivity contribution in [2.45, 2.75) is 25.9 Å². The molecule has 0 bridgehead atoms. The lowest BCUT2D eigenvalue weighted by atomic mass is 9.95. The number of aryl methyl sites for hydroxylation is 1. The van der Waals surface area contributed by atoms with Gasteiger partial charge in [0.15, 0.2) is 11.5 Å². The third-order valence-corrected chi connectivity index (χ3v) is 6.08. The number of likely N-dealkylation sites (tertiary alicyclic amines) is 1. The summed E-state index contributed by atoms with van der Waals surface area (Å²) in [6.45, 7) is 3.26. The van der Waals surface area contributed by atoms with Gasteiger partial charge in [-0.1, -0.05) is 6.07 Å². The molecule has 1 amide bonds. The van der Waals surface area contributed by atoms with E-state index in [2.05, 4.69) is 4.98 Å². The predicted molar refractivity (Wildman–Crippen MR) is 133 cm³/mol. The Hall–Kier alpha value is -4.27. The second-order valence-electron chi connectivity index (χ2n) is 8.22. The van der Waals surface area contributed by atoms with Gasteiger partial charge in [0.1, 0.15) is 11.5 Å². The molecule has 0 unspecified atom stereocenters. The fourth-order valence-corrected chi connectivity index (χ4v) is 4.33. The Labute approximate surface area is 209 Å². The van der Waals surface area contributed by atoms with Gasteiger partial charge in [0, 0.05) is 31.0 Å². The van der Waals surface area contributed by atoms with E-state index in [0.717, 1.165) is 0 Å². The summed E-state index contributed by atoms with van der Waals surface area (Å²) in [5.41, 5.74) is 1.07. The highest BCUT2D eigenvalue weighted by Gasteiger charge is 2.46. The maximum atomic E-state index is 13.2. The first-order chi connectivity index (χ1) is 17.5. The maximum Gasteiger partial charge on any atom is 0.295 e. The van der Waals surface area contributed by atoms with Gasteiger partial charge in [0.25, 0.3) is 11.7 Å². The van der Waals surface area contributed by atoms with Crippen LogP contribution in [0.2, 0.25) is 0 Å². The fourth-order valence-electron chi connectivity index (χ4n) is 4.33. The Morgan fingerprint density at radius 3 is 2.44 bits per heavy atom. The van der Waals surface area contributed by atoms with Crippen molar-refractivity contribution in [2.24, 2.45) is 0 Å². The molecule has 1 saturated heterocycles. The first-order valence-electron chi connectivity index (χ1n) is 11.7. The number of carbonyl (C=O) groups excluding carboxylic acids is 2. The summed E-state index contributed by atoms with van der Waals surface area (Å²) in [5.74, 6) is 0.00127. The van der Waals surface area contributed by atoms with Crippen molar-refractivity contribution >= 4 is 17.4 Å². The van der Waals surface area contributed by atoms with Gasteiger partial charge in [-0.05, 0) is 55.3 Å². The molecular formula is C27H29N3O6. The summed E-state index contributed by atoms with van der Waals surface area (Å²) in [4.78, 5) is 32.0. The van der Waals surface area contributed by atoms with Crippen molar-refractivity contribution in [2.75, 3.05) is 27.4 Å². The van der Waals surface area contributed by atoms with E-state index in [1.165, 1.54) is 12.0 Å². The lowest BCUT2D eigenvalue weighted by Crippen LogP contribution is -2.31. The molecule has 1 N–H and O–H groups in total. The Kier molecular flexibility index (Phi) is 7.58. The number of aliphatic hydroxyl groups is 1. The van der Waals surface area contributed by atoms with Crippen LogP contribution in [0.3, 0.4) is 0 Å². The molecule has 9 heteroatoms. The van der Waals surface area contributed by atoms with Crippen LogP contribution < -0.4 is 14.2 Å². The minimum atomic E-state index is -0.792. The molecule has 9 nitrogen and oxygen atoms in total. The van der Waals surface area contributed by atoms with Gasteiger partial charge < -0.3 is 28.8 Å². The van der Waals surface area contributed by atoms with Crippen molar-refractivity contribution in [3.63, 3.8) is 0 Å². The highest BCUT2D eigenvalue weighted by atomic mass is 16.5. The molecule has 1 aromatic heterocycles. The monoisotopic (exact) mass is 491 g/mol. The van der Waals surface area contributed by atoms with Crippen LogP contribution in [0.25, 0.3) is 5.76 Å². The molecular weight excluding hydrogens is 462 g/mol. The second-order valence-corrected chi connectivity index (χ2v) is 8.22. The van der Waals surface area contributed by atoms with Crippen molar-refractivity contribution in [1.82, 2.24) is 14.5 Å². The quantitative estimate of drug-likeness (QED) is 0.261. The van der Waals surface area contributed by atoms with Gasteiger partial charge in [-0.15, -0.1) is 0 Å². The molecule has 2 aromatic carbocycles. The number of benzene rings is 2. The molecule has 1 atom stereocenters. The third-order valence-electron chi connectivity index (χ3n) is 6.08. The molecule has 0 radical (unpaired) electrons. The molecule has 188 valence electrons. The van der Waals surface area contributed by atoms with Crippen LogP contribution in [0.15, 0.2) is 66.8 Å². The van der Waals surface area contributed by atoms with Crippen molar-refractivity contribution in [1.29, 1.82) is 0 Å². The van der Waals surface area contributed by atoms with Gasteiger partial charge in [-0.25, -0.2) is 4.98 Å². The van der Waals surface area contributed by atoms with E-state index in [9.17, 15) is 14.7 Å². The highest BCUT2D eigenvalue weighted by molar-refractivity contribution is 6.46. The van der Waals surface area contributed by atoms with E-state index in [4.69, 9.17) is 14.2 Å². The number of hydrogen-bond acceptors (Lipinski definition) is 7. The molecule has 2 heterocycles. The zero-order valence-electron chi connectivity index (χ0n) is 20.5. The summed E-state index contributed by atoms with van der Waals surface area (Å²) in [7, 11) is 3.07. The number of aromatic nitrogens is 2. The molecule has 1 aliphatic heterocycles. The molecule has 1 fully saturated rings. The number of methoxy groups -OCH3 is 2. The van der Waals surface area contributed by atoms with Crippen LogP contribution in [-0.4, -0.2) is 58.6 Å². The Balaban J connectivity index is 1.76. The van der Waals surface area contributed by atoms with Crippen LogP contribution in [-0.2, 0) is 16.1 Å².